The second-order valence-electron chi connectivity index (χ2n) is 9.08. The largest absolute Gasteiger partial charge is 0.392 e. The van der Waals surface area contributed by atoms with Crippen LogP contribution in [0.5, 0.6) is 0 Å². The number of carbonyl (C=O) groups excluding carboxylic acids is 1. The van der Waals surface area contributed by atoms with Crippen LogP contribution >= 0.6 is 11.6 Å². The average molecular weight is 518 g/mol. The zero-order valence-corrected chi connectivity index (χ0v) is 21.1. The summed E-state index contributed by atoms with van der Waals surface area (Å²) in [5.41, 5.74) is 3.65. The summed E-state index contributed by atoms with van der Waals surface area (Å²) in [6.45, 7) is 3.83. The van der Waals surface area contributed by atoms with Crippen LogP contribution in [0.1, 0.15) is 27.0 Å². The second kappa shape index (κ2) is 11.3. The van der Waals surface area contributed by atoms with Crippen LogP contribution in [0, 0.1) is 0 Å². The van der Waals surface area contributed by atoms with Crippen LogP contribution in [-0.4, -0.2) is 46.8 Å². The van der Waals surface area contributed by atoms with Crippen molar-refractivity contribution in [3.05, 3.63) is 110 Å². The highest BCUT2D eigenvalue weighted by molar-refractivity contribution is 6.30. The number of morpholine rings is 1. The Labute approximate surface area is 219 Å². The van der Waals surface area contributed by atoms with Gasteiger partial charge in [-0.25, -0.2) is 0 Å². The summed E-state index contributed by atoms with van der Waals surface area (Å²) in [6, 6.07) is 20.4. The molecule has 2 heterocycles. The predicted octanol–water partition coefficient (Wildman–Crippen LogP) is 3.90. The Hall–Kier alpha value is -3.49. The molecule has 4 aromatic rings. The highest BCUT2D eigenvalue weighted by Crippen LogP contribution is 2.23. The molecule has 7 nitrogen and oxygen atoms in total. The minimum Gasteiger partial charge on any atom is -0.392 e. The number of nitrogens with zero attached hydrogens (tertiary/aromatic N) is 2. The van der Waals surface area contributed by atoms with Gasteiger partial charge in [-0.2, -0.15) is 0 Å². The maximum Gasteiger partial charge on any atom is 0.257 e. The minimum absolute atomic E-state index is 0.0396. The Morgan fingerprint density at radius 2 is 1.73 bits per heavy atom. The lowest BCUT2D eigenvalue weighted by Gasteiger charge is -2.26. The first kappa shape index (κ1) is 25.2. The molecule has 5 rings (SSSR count). The van der Waals surface area contributed by atoms with E-state index >= 15 is 0 Å². The average Bonchev–Trinajstić information content (AvgIpc) is 2.93. The first-order chi connectivity index (χ1) is 18.0. The lowest BCUT2D eigenvalue weighted by atomic mass is 10.1. The Morgan fingerprint density at radius 3 is 2.49 bits per heavy atom. The van der Waals surface area contributed by atoms with E-state index in [1.807, 2.05) is 59.2 Å². The maximum atomic E-state index is 13.6. The zero-order valence-electron chi connectivity index (χ0n) is 20.3. The third-order valence-electron chi connectivity index (χ3n) is 6.61. The number of fused-ring (bicyclic) bond motifs is 1. The summed E-state index contributed by atoms with van der Waals surface area (Å²) in [5.74, 6) is -0.462. The number of hydrogen-bond acceptors (Lipinski definition) is 5. The van der Waals surface area contributed by atoms with E-state index in [4.69, 9.17) is 16.3 Å². The minimum atomic E-state index is -0.462. The normalized spacial score (nSPS) is 14.1. The number of aromatic nitrogens is 1. The fourth-order valence-electron chi connectivity index (χ4n) is 4.61. The molecule has 190 valence electrons. The summed E-state index contributed by atoms with van der Waals surface area (Å²) in [4.78, 5) is 29.2. The molecule has 0 spiro atoms. The van der Waals surface area contributed by atoms with Gasteiger partial charge in [0.2, 0.25) is 5.43 Å². The molecular weight excluding hydrogens is 490 g/mol. The van der Waals surface area contributed by atoms with E-state index in [0.717, 1.165) is 24.2 Å². The smallest absolute Gasteiger partial charge is 0.257 e. The number of rotatable bonds is 7. The van der Waals surface area contributed by atoms with Crippen molar-refractivity contribution in [3.63, 3.8) is 0 Å². The number of hydrogen-bond donors (Lipinski definition) is 2. The number of aliphatic hydroxyl groups excluding tert-OH is 1. The van der Waals surface area contributed by atoms with E-state index in [-0.39, 0.29) is 24.1 Å². The van der Waals surface area contributed by atoms with Crippen LogP contribution in [0.15, 0.2) is 77.7 Å². The third kappa shape index (κ3) is 5.60. The molecular formula is C29H28ClN3O4. The summed E-state index contributed by atoms with van der Waals surface area (Å²) in [7, 11) is 0. The highest BCUT2D eigenvalue weighted by Gasteiger charge is 2.19. The van der Waals surface area contributed by atoms with Gasteiger partial charge in [-0.1, -0.05) is 48.0 Å². The van der Waals surface area contributed by atoms with E-state index in [0.29, 0.717) is 46.9 Å². The van der Waals surface area contributed by atoms with Crippen molar-refractivity contribution in [3.8, 4) is 5.69 Å². The van der Waals surface area contributed by atoms with Gasteiger partial charge >= 0.3 is 0 Å². The molecule has 0 saturated carbocycles. The molecule has 8 heteroatoms. The molecule has 1 amide bonds. The van der Waals surface area contributed by atoms with Gasteiger partial charge in [0.1, 0.15) is 5.56 Å². The first-order valence-electron chi connectivity index (χ1n) is 12.2. The Bertz CT molecular complexity index is 1480. The molecule has 1 saturated heterocycles. The van der Waals surface area contributed by atoms with Crippen molar-refractivity contribution >= 4 is 28.4 Å². The van der Waals surface area contributed by atoms with E-state index in [1.54, 1.807) is 18.3 Å². The number of para-hydroxylation sites is 1. The van der Waals surface area contributed by atoms with Gasteiger partial charge in [0.25, 0.3) is 5.91 Å². The summed E-state index contributed by atoms with van der Waals surface area (Å²) >= 11 is 5.96. The number of ether oxygens (including phenoxy) is 1. The molecule has 2 N–H and O–H groups in total. The summed E-state index contributed by atoms with van der Waals surface area (Å²) in [6.07, 6.45) is 1.57. The second-order valence-corrected chi connectivity index (χ2v) is 9.51. The van der Waals surface area contributed by atoms with Gasteiger partial charge in [-0.3, -0.25) is 14.5 Å². The fourth-order valence-corrected chi connectivity index (χ4v) is 4.74. The third-order valence-corrected chi connectivity index (χ3v) is 6.86. The van der Waals surface area contributed by atoms with Gasteiger partial charge in [0.05, 0.1) is 31.0 Å². The van der Waals surface area contributed by atoms with Crippen LogP contribution in [0.25, 0.3) is 16.6 Å². The maximum absolute atomic E-state index is 13.6. The van der Waals surface area contributed by atoms with Crippen molar-refractivity contribution < 1.29 is 14.6 Å². The fraction of sp³-hybridized carbons (Fsp3) is 0.241. The number of halogens is 1. The lowest BCUT2D eigenvalue weighted by Crippen LogP contribution is -2.35. The molecule has 0 atom stereocenters. The molecule has 1 aliphatic rings. The monoisotopic (exact) mass is 517 g/mol. The van der Waals surface area contributed by atoms with Crippen LogP contribution in [0.2, 0.25) is 5.02 Å². The van der Waals surface area contributed by atoms with Gasteiger partial charge < -0.3 is 19.7 Å². The number of aliphatic hydroxyl groups is 1. The Balaban J connectivity index is 1.57. The molecule has 37 heavy (non-hydrogen) atoms. The summed E-state index contributed by atoms with van der Waals surface area (Å²) in [5, 5.41) is 13.9. The number of benzene rings is 3. The van der Waals surface area contributed by atoms with Crippen molar-refractivity contribution in [1.29, 1.82) is 0 Å². The van der Waals surface area contributed by atoms with Gasteiger partial charge in [0, 0.05) is 48.3 Å². The summed E-state index contributed by atoms with van der Waals surface area (Å²) < 4.78 is 7.27. The number of carbonyl (C=O) groups is 1. The number of pyridine rings is 1. The Morgan fingerprint density at radius 1 is 1.00 bits per heavy atom. The van der Waals surface area contributed by atoms with Crippen LogP contribution < -0.4 is 10.7 Å². The topological polar surface area (TPSA) is 83.8 Å². The van der Waals surface area contributed by atoms with Gasteiger partial charge in [-0.15, -0.1) is 0 Å². The SMILES string of the molecule is O=C(NCc1ccc(Cl)cc1)c1cn(-c2ccccc2CO)c2ccc(CN3CCOCC3)cc2c1=O. The van der Waals surface area contributed by atoms with E-state index in [1.165, 1.54) is 0 Å². The Kier molecular flexibility index (Phi) is 7.67. The molecule has 0 aliphatic carbocycles. The quantitative estimate of drug-likeness (QED) is 0.388. The van der Waals surface area contributed by atoms with Crippen LogP contribution in [0.3, 0.4) is 0 Å². The lowest BCUT2D eigenvalue weighted by molar-refractivity contribution is 0.0342. The van der Waals surface area contributed by atoms with Gasteiger partial charge in [-0.05, 0) is 41.5 Å². The van der Waals surface area contributed by atoms with Crippen molar-refractivity contribution in [2.24, 2.45) is 0 Å². The molecule has 0 radical (unpaired) electrons. The molecule has 0 bridgehead atoms. The molecule has 1 fully saturated rings. The van der Waals surface area contributed by atoms with Crippen molar-refractivity contribution in [1.82, 2.24) is 14.8 Å². The van der Waals surface area contributed by atoms with Crippen LogP contribution in [0.4, 0.5) is 0 Å². The van der Waals surface area contributed by atoms with E-state index in [2.05, 4.69) is 10.2 Å². The first-order valence-corrected chi connectivity index (χ1v) is 12.6. The van der Waals surface area contributed by atoms with Crippen molar-refractivity contribution in [2.45, 2.75) is 19.7 Å². The van der Waals surface area contributed by atoms with Crippen LogP contribution in [-0.2, 0) is 24.4 Å². The van der Waals surface area contributed by atoms with E-state index < -0.39 is 5.91 Å². The molecule has 1 aromatic heterocycles. The highest BCUT2D eigenvalue weighted by atomic mass is 35.5. The number of amides is 1. The molecule has 0 unspecified atom stereocenters. The predicted molar refractivity (Wildman–Crippen MR) is 144 cm³/mol. The number of nitrogens with one attached hydrogen (secondary N) is 1. The van der Waals surface area contributed by atoms with E-state index in [9.17, 15) is 14.7 Å². The molecule has 3 aromatic carbocycles. The van der Waals surface area contributed by atoms with Crippen molar-refractivity contribution in [2.75, 3.05) is 26.3 Å². The molecule has 1 aliphatic heterocycles. The van der Waals surface area contributed by atoms with Gasteiger partial charge in [0.15, 0.2) is 0 Å². The zero-order chi connectivity index (χ0) is 25.8. The standard InChI is InChI=1S/C29H28ClN3O4/c30-23-8-5-20(6-9-23)16-31-29(36)25-18-33(26-4-2-1-3-22(26)19-34)27-10-7-21(15-24(27)28(25)35)17-32-11-13-37-14-12-32/h1-10,15,18,34H,11-14,16-17,19H2,(H,31,36).